The second-order valence-corrected chi connectivity index (χ2v) is 5.84. The van der Waals surface area contributed by atoms with E-state index in [0.29, 0.717) is 25.9 Å². The molecule has 0 aromatic heterocycles. The molecule has 1 N–H and O–H groups in total. The quantitative estimate of drug-likeness (QED) is 0.845. The highest BCUT2D eigenvalue weighted by Crippen LogP contribution is 2.13. The van der Waals surface area contributed by atoms with Crippen molar-refractivity contribution in [3.8, 4) is 0 Å². The maximum absolute atomic E-state index is 12.5. The number of hydrogen-bond donors (Lipinski definition) is 1. The Hall–Kier alpha value is -2.62. The van der Waals surface area contributed by atoms with Gasteiger partial charge in [-0.15, -0.1) is 0 Å². The lowest BCUT2D eigenvalue weighted by atomic mass is 10.1. The number of rotatable bonds is 7. The van der Waals surface area contributed by atoms with Crippen LogP contribution in [0, 0.1) is 6.92 Å². The molecule has 24 heavy (non-hydrogen) atoms. The van der Waals surface area contributed by atoms with Crippen LogP contribution < -0.4 is 0 Å². The second-order valence-electron chi connectivity index (χ2n) is 5.84. The molecule has 4 heteroatoms. The molecule has 1 amide bonds. The van der Waals surface area contributed by atoms with Crippen molar-refractivity contribution in [2.24, 2.45) is 0 Å². The van der Waals surface area contributed by atoms with Gasteiger partial charge in [-0.1, -0.05) is 36.4 Å². The monoisotopic (exact) mass is 325 g/mol. The van der Waals surface area contributed by atoms with Crippen LogP contribution in [-0.2, 0) is 17.8 Å². The van der Waals surface area contributed by atoms with Crippen molar-refractivity contribution in [3.63, 3.8) is 0 Å². The van der Waals surface area contributed by atoms with Crippen molar-refractivity contribution in [2.75, 3.05) is 6.54 Å². The van der Waals surface area contributed by atoms with Crippen LogP contribution in [0.1, 0.15) is 40.4 Å². The zero-order valence-electron chi connectivity index (χ0n) is 14.2. The molecule has 2 rings (SSSR count). The number of aryl methyl sites for hydroxylation is 2. The number of amides is 1. The summed E-state index contributed by atoms with van der Waals surface area (Å²) in [6, 6.07) is 14.8. The molecule has 0 heterocycles. The summed E-state index contributed by atoms with van der Waals surface area (Å²) in [5, 5.41) is 8.90. The van der Waals surface area contributed by atoms with Crippen molar-refractivity contribution in [3.05, 3.63) is 70.8 Å². The Morgan fingerprint density at radius 2 is 1.71 bits per heavy atom. The third kappa shape index (κ3) is 4.69. The molecule has 0 aliphatic rings. The number of hydrogen-bond acceptors (Lipinski definition) is 2. The minimum absolute atomic E-state index is 0.114. The first-order chi connectivity index (χ1) is 11.5. The lowest BCUT2D eigenvalue weighted by molar-refractivity contribution is -0.131. The largest absolute Gasteiger partial charge is 0.478 e. The van der Waals surface area contributed by atoms with E-state index in [4.69, 9.17) is 5.11 Å². The smallest absolute Gasteiger partial charge is 0.335 e. The lowest BCUT2D eigenvalue weighted by Gasteiger charge is -2.22. The maximum atomic E-state index is 12.5. The summed E-state index contributed by atoms with van der Waals surface area (Å²) in [4.78, 5) is 25.2. The predicted molar refractivity (Wildman–Crippen MR) is 94.0 cm³/mol. The normalized spacial score (nSPS) is 10.4. The summed E-state index contributed by atoms with van der Waals surface area (Å²) >= 11 is 0. The van der Waals surface area contributed by atoms with E-state index in [1.54, 1.807) is 24.3 Å². The molecular weight excluding hydrogens is 302 g/mol. The van der Waals surface area contributed by atoms with Gasteiger partial charge in [0.1, 0.15) is 0 Å². The van der Waals surface area contributed by atoms with Crippen LogP contribution in [0.5, 0.6) is 0 Å². The molecule has 4 nitrogen and oxygen atoms in total. The summed E-state index contributed by atoms with van der Waals surface area (Å²) in [5.74, 6) is -0.823. The van der Waals surface area contributed by atoms with Gasteiger partial charge in [0.15, 0.2) is 0 Å². The molecule has 0 saturated heterocycles. The third-order valence-electron chi connectivity index (χ3n) is 4.19. The van der Waals surface area contributed by atoms with Gasteiger partial charge in [-0.05, 0) is 49.1 Å². The van der Waals surface area contributed by atoms with E-state index in [-0.39, 0.29) is 11.5 Å². The SMILES string of the molecule is CCN(Cc1ccccc1C)C(=O)CCc1ccc(C(=O)O)cc1. The number of benzene rings is 2. The average Bonchev–Trinajstić information content (AvgIpc) is 2.59. The molecular formula is C20H23NO3. The topological polar surface area (TPSA) is 57.6 Å². The molecule has 0 aliphatic heterocycles. The summed E-state index contributed by atoms with van der Waals surface area (Å²) < 4.78 is 0. The third-order valence-corrected chi connectivity index (χ3v) is 4.19. The fraction of sp³-hybridized carbons (Fsp3) is 0.300. The van der Waals surface area contributed by atoms with Gasteiger partial charge in [0, 0.05) is 19.5 Å². The van der Waals surface area contributed by atoms with Crippen molar-refractivity contribution >= 4 is 11.9 Å². The van der Waals surface area contributed by atoms with E-state index in [2.05, 4.69) is 19.1 Å². The highest BCUT2D eigenvalue weighted by atomic mass is 16.4. The van der Waals surface area contributed by atoms with E-state index in [1.165, 1.54) is 11.1 Å². The van der Waals surface area contributed by atoms with Crippen LogP contribution in [-0.4, -0.2) is 28.4 Å². The fourth-order valence-electron chi connectivity index (χ4n) is 2.59. The first-order valence-electron chi connectivity index (χ1n) is 8.15. The van der Waals surface area contributed by atoms with Crippen LogP contribution >= 0.6 is 0 Å². The standard InChI is InChI=1S/C20H23NO3/c1-3-21(14-18-7-5-4-6-15(18)2)19(22)13-10-16-8-11-17(12-9-16)20(23)24/h4-9,11-12H,3,10,13-14H2,1-2H3,(H,23,24). The molecule has 0 fully saturated rings. The zero-order chi connectivity index (χ0) is 17.5. The molecule has 0 bridgehead atoms. The number of nitrogens with zero attached hydrogens (tertiary/aromatic N) is 1. The van der Waals surface area contributed by atoms with Gasteiger partial charge in [0.25, 0.3) is 0 Å². The van der Waals surface area contributed by atoms with E-state index >= 15 is 0 Å². The number of carbonyl (C=O) groups is 2. The lowest BCUT2D eigenvalue weighted by Crippen LogP contribution is -2.30. The Labute approximate surface area is 142 Å². The van der Waals surface area contributed by atoms with Gasteiger partial charge in [0.05, 0.1) is 5.56 Å². The number of aromatic carboxylic acids is 1. The highest BCUT2D eigenvalue weighted by Gasteiger charge is 2.13. The number of carboxylic acid groups (broad SMARTS) is 1. The molecule has 0 atom stereocenters. The predicted octanol–water partition coefficient (Wildman–Crippen LogP) is 3.67. The Kier molecular flexibility index (Phi) is 6.13. The van der Waals surface area contributed by atoms with E-state index in [0.717, 1.165) is 5.56 Å². The van der Waals surface area contributed by atoms with Crippen LogP contribution in [0.3, 0.4) is 0 Å². The molecule has 0 aliphatic carbocycles. The Morgan fingerprint density at radius 1 is 1.04 bits per heavy atom. The minimum Gasteiger partial charge on any atom is -0.478 e. The Balaban J connectivity index is 1.94. The zero-order valence-corrected chi connectivity index (χ0v) is 14.2. The van der Waals surface area contributed by atoms with Crippen molar-refractivity contribution < 1.29 is 14.7 Å². The van der Waals surface area contributed by atoms with Gasteiger partial charge >= 0.3 is 5.97 Å². The van der Waals surface area contributed by atoms with Gasteiger partial charge in [-0.25, -0.2) is 4.79 Å². The molecule has 2 aromatic rings. The average molecular weight is 325 g/mol. The van der Waals surface area contributed by atoms with Gasteiger partial charge in [0.2, 0.25) is 5.91 Å². The fourth-order valence-corrected chi connectivity index (χ4v) is 2.59. The van der Waals surface area contributed by atoms with Crippen LogP contribution in [0.4, 0.5) is 0 Å². The summed E-state index contributed by atoms with van der Waals surface area (Å²) in [6.45, 7) is 5.33. The summed E-state index contributed by atoms with van der Waals surface area (Å²) in [5.41, 5.74) is 3.59. The van der Waals surface area contributed by atoms with Crippen molar-refractivity contribution in [2.45, 2.75) is 33.2 Å². The van der Waals surface area contributed by atoms with Gasteiger partial charge in [-0.2, -0.15) is 0 Å². The van der Waals surface area contributed by atoms with E-state index in [9.17, 15) is 9.59 Å². The molecule has 0 unspecified atom stereocenters. The molecule has 0 radical (unpaired) electrons. The molecule has 0 saturated carbocycles. The maximum Gasteiger partial charge on any atom is 0.335 e. The molecule has 2 aromatic carbocycles. The summed E-state index contributed by atoms with van der Waals surface area (Å²) in [6.07, 6.45) is 1.04. The molecule has 126 valence electrons. The Morgan fingerprint density at radius 3 is 2.29 bits per heavy atom. The van der Waals surface area contributed by atoms with Crippen molar-refractivity contribution in [1.29, 1.82) is 0 Å². The van der Waals surface area contributed by atoms with Gasteiger partial charge in [-0.3, -0.25) is 4.79 Å². The highest BCUT2D eigenvalue weighted by molar-refractivity contribution is 5.87. The first kappa shape index (κ1) is 17.7. The summed E-state index contributed by atoms with van der Waals surface area (Å²) in [7, 11) is 0. The van der Waals surface area contributed by atoms with E-state index in [1.807, 2.05) is 24.0 Å². The van der Waals surface area contributed by atoms with Crippen molar-refractivity contribution in [1.82, 2.24) is 4.90 Å². The van der Waals surface area contributed by atoms with Crippen LogP contribution in [0.15, 0.2) is 48.5 Å². The minimum atomic E-state index is -0.937. The van der Waals surface area contributed by atoms with Crippen LogP contribution in [0.2, 0.25) is 0 Å². The number of carboxylic acids is 1. The Bertz CT molecular complexity index is 707. The van der Waals surface area contributed by atoms with Gasteiger partial charge < -0.3 is 10.0 Å². The van der Waals surface area contributed by atoms with E-state index < -0.39 is 5.97 Å². The second kappa shape index (κ2) is 8.29. The molecule has 0 spiro atoms. The number of carbonyl (C=O) groups excluding carboxylic acids is 1. The first-order valence-corrected chi connectivity index (χ1v) is 8.15. The van der Waals surface area contributed by atoms with Crippen LogP contribution in [0.25, 0.3) is 0 Å².